The summed E-state index contributed by atoms with van der Waals surface area (Å²) in [6.45, 7) is 11.5. The molecule has 0 aromatic carbocycles. The average Bonchev–Trinajstić information content (AvgIpc) is 3.05. The summed E-state index contributed by atoms with van der Waals surface area (Å²) in [7, 11) is 0. The number of aromatic amines is 1. The number of hydrogen-bond acceptors (Lipinski definition) is 5. The number of halogens is 1. The number of pyridine rings is 1. The summed E-state index contributed by atoms with van der Waals surface area (Å²) in [5, 5.41) is 1.54. The van der Waals surface area contributed by atoms with E-state index in [2.05, 4.69) is 33.8 Å². The van der Waals surface area contributed by atoms with Crippen molar-refractivity contribution in [2.24, 2.45) is 0 Å². The molecule has 3 aromatic heterocycles. The summed E-state index contributed by atoms with van der Waals surface area (Å²) in [6, 6.07) is 3.87. The van der Waals surface area contributed by atoms with Gasteiger partial charge in [0.25, 0.3) is 0 Å². The molecule has 1 N–H and O–H groups in total. The Bertz CT molecular complexity index is 953. The van der Waals surface area contributed by atoms with Crippen LogP contribution in [0.15, 0.2) is 24.5 Å². The van der Waals surface area contributed by atoms with Crippen LogP contribution in [0.4, 0.5) is 0 Å². The molecule has 30 heavy (non-hydrogen) atoms. The molecule has 0 saturated heterocycles. The molecule has 0 spiro atoms. The van der Waals surface area contributed by atoms with Crippen LogP contribution in [0.2, 0.25) is 5.02 Å². The fourth-order valence-electron chi connectivity index (χ4n) is 3.02. The van der Waals surface area contributed by atoms with Crippen LogP contribution in [0, 0.1) is 6.92 Å². The van der Waals surface area contributed by atoms with E-state index in [4.69, 9.17) is 16.3 Å². The summed E-state index contributed by atoms with van der Waals surface area (Å²) in [5.41, 5.74) is 2.44. The highest BCUT2D eigenvalue weighted by molar-refractivity contribution is 6.36. The van der Waals surface area contributed by atoms with Gasteiger partial charge in [0.05, 0.1) is 22.3 Å². The molecule has 0 aliphatic carbocycles. The normalized spacial score (nSPS) is 10.5. The minimum Gasteiger partial charge on any atom is -0.423 e. The molecule has 0 bridgehead atoms. The van der Waals surface area contributed by atoms with Crippen LogP contribution >= 0.6 is 11.6 Å². The number of hydrogen-bond donors (Lipinski definition) is 1. The van der Waals surface area contributed by atoms with E-state index in [1.54, 1.807) is 31.5 Å². The zero-order valence-corrected chi connectivity index (χ0v) is 19.1. The second kappa shape index (κ2) is 11.5. The van der Waals surface area contributed by atoms with Crippen molar-refractivity contribution < 1.29 is 9.53 Å². The molecule has 0 fully saturated rings. The van der Waals surface area contributed by atoms with Gasteiger partial charge in [-0.15, -0.1) is 0 Å². The van der Waals surface area contributed by atoms with Crippen LogP contribution in [0.3, 0.4) is 0 Å². The predicted molar refractivity (Wildman–Crippen MR) is 120 cm³/mol. The van der Waals surface area contributed by atoms with Gasteiger partial charge in [0.15, 0.2) is 0 Å². The smallest absolute Gasteiger partial charge is 0.324 e. The van der Waals surface area contributed by atoms with E-state index in [-0.39, 0.29) is 11.9 Å². The maximum Gasteiger partial charge on any atom is 0.324 e. The summed E-state index contributed by atoms with van der Waals surface area (Å²) in [4.78, 5) is 28.6. The molecule has 1 amide bonds. The zero-order valence-electron chi connectivity index (χ0n) is 18.3. The number of H-pyrrole nitrogens is 1. The monoisotopic (exact) mass is 431 g/mol. The van der Waals surface area contributed by atoms with E-state index in [9.17, 15) is 4.79 Å². The lowest BCUT2D eigenvalue weighted by Gasteiger charge is -2.18. The highest BCUT2D eigenvalue weighted by Crippen LogP contribution is 2.30. The highest BCUT2D eigenvalue weighted by Gasteiger charge is 2.15. The molecule has 0 radical (unpaired) electrons. The standard InChI is InChI=1S/C14H13ClN4O.C8H17NO/c1-3-10-12(15)11-8(2)17-14(19-13(11)18-10)20-9-5-4-6-16-7-9;1-4-6-9(7-5-2)8(3)10/h4-7H,3H2,1-2H3,(H,17,18,19);4-7H2,1-3H3. The third-order valence-electron chi connectivity index (χ3n) is 4.45. The lowest BCUT2D eigenvalue weighted by molar-refractivity contribution is -0.128. The van der Waals surface area contributed by atoms with E-state index >= 15 is 0 Å². The number of fused-ring (bicyclic) bond motifs is 1. The van der Waals surface area contributed by atoms with Crippen molar-refractivity contribution in [3.05, 3.63) is 40.9 Å². The first-order chi connectivity index (χ1) is 14.4. The topological polar surface area (TPSA) is 84.0 Å². The van der Waals surface area contributed by atoms with Crippen molar-refractivity contribution in [1.82, 2.24) is 24.8 Å². The number of carbonyl (C=O) groups excluding carboxylic acids is 1. The van der Waals surface area contributed by atoms with Crippen LogP contribution in [-0.2, 0) is 11.2 Å². The Morgan fingerprint density at radius 3 is 2.43 bits per heavy atom. The third-order valence-corrected chi connectivity index (χ3v) is 4.87. The number of nitrogens with one attached hydrogen (secondary N) is 1. The van der Waals surface area contributed by atoms with Crippen LogP contribution in [0.5, 0.6) is 11.8 Å². The number of nitrogens with zero attached hydrogens (tertiary/aromatic N) is 4. The molecule has 3 aromatic rings. The summed E-state index contributed by atoms with van der Waals surface area (Å²) in [5.74, 6) is 0.795. The maximum absolute atomic E-state index is 10.8. The first kappa shape index (κ1) is 23.6. The number of aryl methyl sites for hydroxylation is 2. The fraction of sp³-hybridized carbons (Fsp3) is 0.455. The van der Waals surface area contributed by atoms with Gasteiger partial charge in [0, 0.05) is 31.9 Å². The summed E-state index contributed by atoms with van der Waals surface area (Å²) in [6.07, 6.45) is 6.22. The lowest BCUT2D eigenvalue weighted by Crippen LogP contribution is -2.29. The van der Waals surface area contributed by atoms with Crippen molar-refractivity contribution in [3.63, 3.8) is 0 Å². The minimum absolute atomic E-state index is 0.198. The molecular formula is C22H30ClN5O2. The highest BCUT2D eigenvalue weighted by atomic mass is 35.5. The van der Waals surface area contributed by atoms with Gasteiger partial charge in [0.2, 0.25) is 5.91 Å². The van der Waals surface area contributed by atoms with Gasteiger partial charge >= 0.3 is 6.01 Å². The average molecular weight is 432 g/mol. The summed E-state index contributed by atoms with van der Waals surface area (Å²) >= 11 is 6.31. The molecule has 0 atom stereocenters. The first-order valence-electron chi connectivity index (χ1n) is 10.3. The minimum atomic E-state index is 0.198. The maximum atomic E-state index is 10.8. The SMILES string of the molecule is CCCN(CCC)C(C)=O.CCc1[nH]c2nc(Oc3cccnc3)nc(C)c2c1Cl. The van der Waals surface area contributed by atoms with Crippen LogP contribution < -0.4 is 4.74 Å². The quantitative estimate of drug-likeness (QED) is 0.546. The number of amides is 1. The van der Waals surface area contributed by atoms with Gasteiger partial charge in [0.1, 0.15) is 11.4 Å². The Morgan fingerprint density at radius 1 is 1.20 bits per heavy atom. The number of carbonyl (C=O) groups is 1. The molecule has 0 aliphatic heterocycles. The van der Waals surface area contributed by atoms with Gasteiger partial charge < -0.3 is 14.6 Å². The Labute approximate surface area is 182 Å². The number of rotatable bonds is 7. The van der Waals surface area contributed by atoms with Crippen LogP contribution in [0.1, 0.15) is 51.9 Å². The van der Waals surface area contributed by atoms with Gasteiger partial charge in [-0.3, -0.25) is 9.78 Å². The Morgan fingerprint density at radius 2 is 1.90 bits per heavy atom. The number of aromatic nitrogens is 4. The zero-order chi connectivity index (χ0) is 22.1. The molecule has 3 heterocycles. The van der Waals surface area contributed by atoms with Crippen LogP contribution in [-0.4, -0.2) is 43.8 Å². The van der Waals surface area contributed by atoms with E-state index in [1.165, 1.54) is 0 Å². The van der Waals surface area contributed by atoms with E-state index < -0.39 is 0 Å². The van der Waals surface area contributed by atoms with Crippen molar-refractivity contribution in [1.29, 1.82) is 0 Å². The van der Waals surface area contributed by atoms with Gasteiger partial charge in [-0.2, -0.15) is 9.97 Å². The second-order valence-electron chi connectivity index (χ2n) is 6.88. The van der Waals surface area contributed by atoms with Gasteiger partial charge in [-0.1, -0.05) is 32.4 Å². The van der Waals surface area contributed by atoms with Crippen LogP contribution in [0.25, 0.3) is 11.0 Å². The molecule has 7 nitrogen and oxygen atoms in total. The summed E-state index contributed by atoms with van der Waals surface area (Å²) < 4.78 is 5.60. The van der Waals surface area contributed by atoms with Crippen molar-refractivity contribution in [3.8, 4) is 11.8 Å². The molecule has 8 heteroatoms. The molecule has 162 valence electrons. The molecular weight excluding hydrogens is 402 g/mol. The predicted octanol–water partition coefficient (Wildman–Crippen LogP) is 5.32. The lowest BCUT2D eigenvalue weighted by atomic mass is 10.2. The molecule has 0 unspecified atom stereocenters. The van der Waals surface area contributed by atoms with Crippen molar-refractivity contribution in [2.45, 2.75) is 53.9 Å². The first-order valence-corrected chi connectivity index (χ1v) is 10.7. The Balaban J connectivity index is 0.000000274. The third kappa shape index (κ3) is 6.16. The molecule has 0 aliphatic rings. The van der Waals surface area contributed by atoms with E-state index in [0.717, 1.165) is 49.1 Å². The van der Waals surface area contributed by atoms with Crippen molar-refractivity contribution >= 4 is 28.5 Å². The molecule has 0 saturated carbocycles. The van der Waals surface area contributed by atoms with Crippen molar-refractivity contribution in [2.75, 3.05) is 13.1 Å². The molecule has 3 rings (SSSR count). The van der Waals surface area contributed by atoms with E-state index in [0.29, 0.717) is 16.4 Å². The largest absolute Gasteiger partial charge is 0.423 e. The number of ether oxygens (including phenoxy) is 1. The van der Waals surface area contributed by atoms with Gasteiger partial charge in [-0.05, 0) is 38.3 Å². The fourth-order valence-corrected chi connectivity index (χ4v) is 3.42. The van der Waals surface area contributed by atoms with Gasteiger partial charge in [-0.25, -0.2) is 0 Å². The van der Waals surface area contributed by atoms with E-state index in [1.807, 2.05) is 18.7 Å². The second-order valence-corrected chi connectivity index (χ2v) is 7.26. The Hall–Kier alpha value is -2.67. The Kier molecular flexibility index (Phi) is 9.05.